The van der Waals surface area contributed by atoms with E-state index in [0.29, 0.717) is 6.54 Å². The van der Waals surface area contributed by atoms with Crippen molar-refractivity contribution in [2.45, 2.75) is 12.8 Å². The van der Waals surface area contributed by atoms with Gasteiger partial charge in [0.05, 0.1) is 13.0 Å². The van der Waals surface area contributed by atoms with E-state index in [2.05, 4.69) is 10.1 Å². The van der Waals surface area contributed by atoms with Crippen LogP contribution in [0.15, 0.2) is 0 Å². The second-order valence-electron chi connectivity index (χ2n) is 3.81. The minimum Gasteiger partial charge on any atom is -0.468 e. The molecule has 0 saturated carbocycles. The molecule has 0 unspecified atom stereocenters. The number of amides is 1. The number of likely N-dealkylation sites (N-methyl/N-ethyl adjacent to an activating group) is 1. The summed E-state index contributed by atoms with van der Waals surface area (Å²) in [6, 6.07) is 0. The second kappa shape index (κ2) is 5.70. The molecule has 86 valence electrons. The van der Waals surface area contributed by atoms with Gasteiger partial charge in [-0.15, -0.1) is 0 Å². The van der Waals surface area contributed by atoms with Crippen LogP contribution in [0, 0.1) is 5.92 Å². The fourth-order valence-electron chi connectivity index (χ4n) is 1.71. The molecule has 1 heterocycles. The SMILES string of the molecule is COC(=O)CN(C)C(=O)[C@H]1CCCNC1. The molecule has 1 saturated heterocycles. The molecule has 0 spiro atoms. The van der Waals surface area contributed by atoms with Gasteiger partial charge in [0.25, 0.3) is 0 Å². The van der Waals surface area contributed by atoms with Gasteiger partial charge in [0.15, 0.2) is 0 Å². The van der Waals surface area contributed by atoms with E-state index in [1.807, 2.05) is 0 Å². The Balaban J connectivity index is 2.40. The highest BCUT2D eigenvalue weighted by molar-refractivity contribution is 5.83. The van der Waals surface area contributed by atoms with Crippen LogP contribution in [0.2, 0.25) is 0 Å². The average molecular weight is 214 g/mol. The van der Waals surface area contributed by atoms with Gasteiger partial charge in [0, 0.05) is 13.6 Å². The Bertz CT molecular complexity index is 237. The third kappa shape index (κ3) is 3.51. The Labute approximate surface area is 89.8 Å². The summed E-state index contributed by atoms with van der Waals surface area (Å²) in [5, 5.41) is 3.17. The Morgan fingerprint density at radius 2 is 2.27 bits per heavy atom. The quantitative estimate of drug-likeness (QED) is 0.650. The zero-order valence-electron chi connectivity index (χ0n) is 9.28. The number of ether oxygens (including phenoxy) is 1. The summed E-state index contributed by atoms with van der Waals surface area (Å²) in [5.74, 6) is -0.351. The van der Waals surface area contributed by atoms with E-state index in [0.717, 1.165) is 19.4 Å². The number of carbonyl (C=O) groups excluding carboxylic acids is 2. The number of nitrogens with zero attached hydrogens (tertiary/aromatic N) is 1. The maximum Gasteiger partial charge on any atom is 0.325 e. The predicted octanol–water partition coefficient (Wildman–Crippen LogP) is -0.383. The predicted molar refractivity (Wildman–Crippen MR) is 55.2 cm³/mol. The van der Waals surface area contributed by atoms with Gasteiger partial charge in [-0.1, -0.05) is 0 Å². The van der Waals surface area contributed by atoms with Gasteiger partial charge < -0.3 is 15.0 Å². The molecular weight excluding hydrogens is 196 g/mol. The number of nitrogens with one attached hydrogen (secondary N) is 1. The molecule has 1 N–H and O–H groups in total. The van der Waals surface area contributed by atoms with Crippen molar-refractivity contribution in [1.29, 1.82) is 0 Å². The maximum atomic E-state index is 11.8. The molecule has 1 aliphatic heterocycles. The van der Waals surface area contributed by atoms with Gasteiger partial charge in [-0.2, -0.15) is 0 Å². The maximum absolute atomic E-state index is 11.8. The summed E-state index contributed by atoms with van der Waals surface area (Å²) in [5.41, 5.74) is 0. The fourth-order valence-corrected chi connectivity index (χ4v) is 1.71. The standard InChI is InChI=1S/C10H18N2O3/c1-12(7-9(13)15-2)10(14)8-4-3-5-11-6-8/h8,11H,3-7H2,1-2H3/t8-/m0/s1. The number of rotatable bonds is 3. The molecule has 15 heavy (non-hydrogen) atoms. The Morgan fingerprint density at radius 1 is 1.53 bits per heavy atom. The van der Waals surface area contributed by atoms with E-state index in [1.54, 1.807) is 7.05 Å². The van der Waals surface area contributed by atoms with Gasteiger partial charge in [-0.05, 0) is 19.4 Å². The first-order valence-electron chi connectivity index (χ1n) is 5.17. The number of hydrogen-bond acceptors (Lipinski definition) is 4. The molecule has 1 atom stereocenters. The molecule has 1 fully saturated rings. The van der Waals surface area contributed by atoms with Crippen LogP contribution in [0.4, 0.5) is 0 Å². The second-order valence-corrected chi connectivity index (χ2v) is 3.81. The number of methoxy groups -OCH3 is 1. The minimum atomic E-state index is -0.380. The number of hydrogen-bond donors (Lipinski definition) is 1. The average Bonchev–Trinajstić information content (AvgIpc) is 2.29. The van der Waals surface area contributed by atoms with Crippen LogP contribution < -0.4 is 5.32 Å². The van der Waals surface area contributed by atoms with Crippen molar-refractivity contribution in [2.75, 3.05) is 33.8 Å². The molecule has 0 radical (unpaired) electrons. The van der Waals surface area contributed by atoms with Crippen molar-refractivity contribution in [3.05, 3.63) is 0 Å². The van der Waals surface area contributed by atoms with E-state index >= 15 is 0 Å². The lowest BCUT2D eigenvalue weighted by Gasteiger charge is -2.26. The molecular formula is C10H18N2O3. The van der Waals surface area contributed by atoms with Gasteiger partial charge >= 0.3 is 5.97 Å². The molecule has 0 aromatic carbocycles. The van der Waals surface area contributed by atoms with Crippen molar-refractivity contribution in [1.82, 2.24) is 10.2 Å². The number of esters is 1. The van der Waals surface area contributed by atoms with Crippen molar-refractivity contribution in [3.8, 4) is 0 Å². The van der Waals surface area contributed by atoms with E-state index in [1.165, 1.54) is 12.0 Å². The summed E-state index contributed by atoms with van der Waals surface area (Å²) in [4.78, 5) is 24.2. The van der Waals surface area contributed by atoms with E-state index < -0.39 is 0 Å². The summed E-state index contributed by atoms with van der Waals surface area (Å²) < 4.78 is 4.51. The van der Waals surface area contributed by atoms with Crippen LogP contribution in [0.5, 0.6) is 0 Å². The van der Waals surface area contributed by atoms with Crippen molar-refractivity contribution in [2.24, 2.45) is 5.92 Å². The van der Waals surface area contributed by atoms with Gasteiger partial charge in [-0.3, -0.25) is 9.59 Å². The number of carbonyl (C=O) groups is 2. The first-order chi connectivity index (χ1) is 7.15. The first-order valence-corrected chi connectivity index (χ1v) is 5.17. The normalized spacial score (nSPS) is 20.8. The zero-order valence-corrected chi connectivity index (χ0v) is 9.28. The van der Waals surface area contributed by atoms with Crippen LogP contribution in [0.3, 0.4) is 0 Å². The molecule has 1 amide bonds. The van der Waals surface area contributed by atoms with E-state index in [-0.39, 0.29) is 24.3 Å². The lowest BCUT2D eigenvalue weighted by Crippen LogP contribution is -2.43. The summed E-state index contributed by atoms with van der Waals surface area (Å²) in [6.45, 7) is 1.72. The molecule has 0 aromatic heterocycles. The molecule has 1 rings (SSSR count). The van der Waals surface area contributed by atoms with Crippen LogP contribution >= 0.6 is 0 Å². The number of piperidine rings is 1. The van der Waals surface area contributed by atoms with Gasteiger partial charge in [0.1, 0.15) is 6.54 Å². The lowest BCUT2D eigenvalue weighted by molar-refractivity contribution is -0.147. The summed E-state index contributed by atoms with van der Waals surface area (Å²) in [7, 11) is 2.96. The molecule has 5 heteroatoms. The molecule has 0 bridgehead atoms. The Morgan fingerprint density at radius 3 is 2.80 bits per heavy atom. The summed E-state index contributed by atoms with van der Waals surface area (Å²) in [6.07, 6.45) is 1.92. The Kier molecular flexibility index (Phi) is 4.55. The minimum absolute atomic E-state index is 0.00778. The van der Waals surface area contributed by atoms with Crippen molar-refractivity contribution < 1.29 is 14.3 Å². The Hall–Kier alpha value is -1.10. The molecule has 5 nitrogen and oxygen atoms in total. The van der Waals surface area contributed by atoms with Gasteiger partial charge in [0.2, 0.25) is 5.91 Å². The third-order valence-electron chi connectivity index (χ3n) is 2.62. The fraction of sp³-hybridized carbons (Fsp3) is 0.800. The van der Waals surface area contributed by atoms with E-state index in [9.17, 15) is 9.59 Å². The van der Waals surface area contributed by atoms with Crippen LogP contribution in [-0.4, -0.2) is 50.6 Å². The van der Waals surface area contributed by atoms with Crippen molar-refractivity contribution in [3.63, 3.8) is 0 Å². The highest BCUT2D eigenvalue weighted by Crippen LogP contribution is 2.12. The first kappa shape index (κ1) is 12.0. The monoisotopic (exact) mass is 214 g/mol. The highest BCUT2D eigenvalue weighted by Gasteiger charge is 2.24. The van der Waals surface area contributed by atoms with Crippen LogP contribution in [-0.2, 0) is 14.3 Å². The molecule has 1 aliphatic rings. The molecule has 0 aliphatic carbocycles. The highest BCUT2D eigenvalue weighted by atomic mass is 16.5. The zero-order chi connectivity index (χ0) is 11.3. The van der Waals surface area contributed by atoms with Crippen LogP contribution in [0.25, 0.3) is 0 Å². The lowest BCUT2D eigenvalue weighted by atomic mass is 9.98. The van der Waals surface area contributed by atoms with Gasteiger partial charge in [-0.25, -0.2) is 0 Å². The summed E-state index contributed by atoms with van der Waals surface area (Å²) >= 11 is 0. The third-order valence-corrected chi connectivity index (χ3v) is 2.62. The smallest absolute Gasteiger partial charge is 0.325 e. The van der Waals surface area contributed by atoms with E-state index in [4.69, 9.17) is 0 Å². The van der Waals surface area contributed by atoms with Crippen molar-refractivity contribution >= 4 is 11.9 Å². The van der Waals surface area contributed by atoms with Crippen LogP contribution in [0.1, 0.15) is 12.8 Å². The topological polar surface area (TPSA) is 58.6 Å². The molecule has 0 aromatic rings. The largest absolute Gasteiger partial charge is 0.468 e.